The lowest BCUT2D eigenvalue weighted by molar-refractivity contribution is 0.412. The van der Waals surface area contributed by atoms with Crippen molar-refractivity contribution >= 4 is 11.0 Å². The lowest BCUT2D eigenvalue weighted by Crippen LogP contribution is -2.17. The van der Waals surface area contributed by atoms with Crippen LogP contribution in [-0.2, 0) is 0 Å². The van der Waals surface area contributed by atoms with Gasteiger partial charge in [-0.2, -0.15) is 0 Å². The molecule has 0 amide bonds. The molecule has 16 heavy (non-hydrogen) atoms. The van der Waals surface area contributed by atoms with E-state index in [2.05, 4.69) is 26.8 Å². The van der Waals surface area contributed by atoms with Crippen LogP contribution >= 0.6 is 0 Å². The molecule has 2 aromatic rings. The summed E-state index contributed by atoms with van der Waals surface area (Å²) in [6.45, 7) is 7.12. The molecule has 1 heterocycles. The van der Waals surface area contributed by atoms with E-state index in [-0.39, 0.29) is 0 Å². The van der Waals surface area contributed by atoms with Gasteiger partial charge in [-0.25, -0.2) is 0 Å². The van der Waals surface area contributed by atoms with Crippen molar-refractivity contribution in [2.75, 3.05) is 6.54 Å². The zero-order valence-corrected chi connectivity index (χ0v) is 10.2. The van der Waals surface area contributed by atoms with Crippen molar-refractivity contribution in [3.05, 3.63) is 35.6 Å². The minimum Gasteiger partial charge on any atom is -0.460 e. The van der Waals surface area contributed by atoms with E-state index in [1.165, 1.54) is 10.9 Å². The molecule has 0 radical (unpaired) electrons. The van der Waals surface area contributed by atoms with Gasteiger partial charge < -0.3 is 10.2 Å². The highest BCUT2D eigenvalue weighted by Gasteiger charge is 2.21. The molecule has 2 nitrogen and oxygen atoms in total. The Labute approximate surface area is 96.4 Å². The third-order valence-electron chi connectivity index (χ3n) is 3.28. The molecular weight excluding hydrogens is 198 g/mol. The van der Waals surface area contributed by atoms with Gasteiger partial charge in [0.05, 0.1) is 0 Å². The standard InChI is InChI=1S/C14H19NO/c1-9(2)12(8-15)14-10(3)11-6-4-5-7-13(11)16-14/h4-7,9,12H,8,15H2,1-3H3. The highest BCUT2D eigenvalue weighted by molar-refractivity contribution is 5.82. The first-order valence-corrected chi connectivity index (χ1v) is 5.83. The summed E-state index contributed by atoms with van der Waals surface area (Å²) in [4.78, 5) is 0. The van der Waals surface area contributed by atoms with E-state index in [1.54, 1.807) is 0 Å². The lowest BCUT2D eigenvalue weighted by atomic mass is 9.91. The first kappa shape index (κ1) is 11.2. The van der Waals surface area contributed by atoms with Gasteiger partial charge in [-0.05, 0) is 24.5 Å². The van der Waals surface area contributed by atoms with Crippen LogP contribution in [0.3, 0.4) is 0 Å². The number of nitrogens with two attached hydrogens (primary N) is 1. The van der Waals surface area contributed by atoms with Gasteiger partial charge in [-0.15, -0.1) is 0 Å². The minimum absolute atomic E-state index is 0.312. The quantitative estimate of drug-likeness (QED) is 0.855. The van der Waals surface area contributed by atoms with Gasteiger partial charge in [-0.3, -0.25) is 0 Å². The number of benzene rings is 1. The minimum atomic E-state index is 0.312. The second-order valence-corrected chi connectivity index (χ2v) is 4.67. The fourth-order valence-corrected chi connectivity index (χ4v) is 2.23. The SMILES string of the molecule is Cc1c(C(CN)C(C)C)oc2ccccc12. The number of fused-ring (bicyclic) bond motifs is 1. The average Bonchev–Trinajstić information content (AvgIpc) is 2.58. The molecule has 86 valence electrons. The molecule has 0 aliphatic carbocycles. The second-order valence-electron chi connectivity index (χ2n) is 4.67. The van der Waals surface area contributed by atoms with Crippen molar-refractivity contribution in [3.8, 4) is 0 Å². The Morgan fingerprint density at radius 3 is 2.50 bits per heavy atom. The first-order chi connectivity index (χ1) is 7.65. The van der Waals surface area contributed by atoms with E-state index in [0.717, 1.165) is 11.3 Å². The number of hydrogen-bond acceptors (Lipinski definition) is 2. The van der Waals surface area contributed by atoms with Crippen LogP contribution in [0, 0.1) is 12.8 Å². The van der Waals surface area contributed by atoms with Crippen LogP contribution in [-0.4, -0.2) is 6.54 Å². The first-order valence-electron chi connectivity index (χ1n) is 5.83. The van der Waals surface area contributed by atoms with E-state index in [4.69, 9.17) is 10.2 Å². The number of furan rings is 1. The third kappa shape index (κ3) is 1.74. The van der Waals surface area contributed by atoms with E-state index >= 15 is 0 Å². The maximum Gasteiger partial charge on any atom is 0.134 e. The fraction of sp³-hybridized carbons (Fsp3) is 0.429. The van der Waals surface area contributed by atoms with Gasteiger partial charge in [0.25, 0.3) is 0 Å². The average molecular weight is 217 g/mol. The van der Waals surface area contributed by atoms with Crippen molar-refractivity contribution in [1.29, 1.82) is 0 Å². The van der Waals surface area contributed by atoms with E-state index < -0.39 is 0 Å². The number of aryl methyl sites for hydroxylation is 1. The molecule has 2 heteroatoms. The number of hydrogen-bond donors (Lipinski definition) is 1. The van der Waals surface area contributed by atoms with Crippen LogP contribution in [0.2, 0.25) is 0 Å². The molecule has 0 spiro atoms. The van der Waals surface area contributed by atoms with Crippen molar-refractivity contribution in [2.45, 2.75) is 26.7 Å². The predicted octanol–water partition coefficient (Wildman–Crippen LogP) is 3.44. The van der Waals surface area contributed by atoms with Crippen LogP contribution < -0.4 is 5.73 Å². The molecule has 0 saturated heterocycles. The van der Waals surface area contributed by atoms with Crippen molar-refractivity contribution in [3.63, 3.8) is 0 Å². The molecule has 1 aromatic carbocycles. The summed E-state index contributed by atoms with van der Waals surface area (Å²) >= 11 is 0. The van der Waals surface area contributed by atoms with Gasteiger partial charge in [0.2, 0.25) is 0 Å². The Morgan fingerprint density at radius 1 is 1.25 bits per heavy atom. The normalized spacial score (nSPS) is 13.6. The molecule has 0 bridgehead atoms. The molecule has 0 saturated carbocycles. The van der Waals surface area contributed by atoms with E-state index in [1.807, 2.05) is 18.2 Å². The molecule has 2 N–H and O–H groups in total. The van der Waals surface area contributed by atoms with Crippen LogP contribution in [0.25, 0.3) is 11.0 Å². The highest BCUT2D eigenvalue weighted by Crippen LogP contribution is 2.33. The topological polar surface area (TPSA) is 39.2 Å². The van der Waals surface area contributed by atoms with Gasteiger partial charge in [0.15, 0.2) is 0 Å². The maximum atomic E-state index is 5.93. The fourth-order valence-electron chi connectivity index (χ4n) is 2.23. The summed E-state index contributed by atoms with van der Waals surface area (Å²) < 4.78 is 5.93. The molecular formula is C14H19NO. The zero-order valence-electron chi connectivity index (χ0n) is 10.2. The van der Waals surface area contributed by atoms with Crippen LogP contribution in [0.1, 0.15) is 31.1 Å². The maximum absolute atomic E-state index is 5.93. The molecule has 1 unspecified atom stereocenters. The molecule has 1 aromatic heterocycles. The monoisotopic (exact) mass is 217 g/mol. The third-order valence-corrected chi connectivity index (χ3v) is 3.28. The Bertz CT molecular complexity index is 484. The molecule has 0 aliphatic heterocycles. The Kier molecular flexibility index (Phi) is 3.01. The second kappa shape index (κ2) is 4.30. The smallest absolute Gasteiger partial charge is 0.134 e. The van der Waals surface area contributed by atoms with Crippen LogP contribution in [0.4, 0.5) is 0 Å². The summed E-state index contributed by atoms with van der Waals surface area (Å²) in [6, 6.07) is 8.16. The molecule has 0 fully saturated rings. The lowest BCUT2D eigenvalue weighted by Gasteiger charge is -2.16. The predicted molar refractivity (Wildman–Crippen MR) is 67.6 cm³/mol. The molecule has 2 rings (SSSR count). The van der Waals surface area contributed by atoms with Crippen molar-refractivity contribution < 1.29 is 4.42 Å². The molecule has 1 atom stereocenters. The zero-order chi connectivity index (χ0) is 11.7. The van der Waals surface area contributed by atoms with Gasteiger partial charge in [0.1, 0.15) is 11.3 Å². The van der Waals surface area contributed by atoms with Crippen LogP contribution in [0.15, 0.2) is 28.7 Å². The van der Waals surface area contributed by atoms with Crippen molar-refractivity contribution in [2.24, 2.45) is 11.7 Å². The van der Waals surface area contributed by atoms with Gasteiger partial charge in [-0.1, -0.05) is 32.0 Å². The van der Waals surface area contributed by atoms with Crippen LogP contribution in [0.5, 0.6) is 0 Å². The number of para-hydroxylation sites is 1. The highest BCUT2D eigenvalue weighted by atomic mass is 16.3. The van der Waals surface area contributed by atoms with E-state index in [0.29, 0.717) is 18.4 Å². The van der Waals surface area contributed by atoms with Gasteiger partial charge >= 0.3 is 0 Å². The summed E-state index contributed by atoms with van der Waals surface area (Å²) in [5, 5.41) is 1.21. The Hall–Kier alpha value is -1.28. The van der Waals surface area contributed by atoms with Crippen molar-refractivity contribution in [1.82, 2.24) is 0 Å². The largest absolute Gasteiger partial charge is 0.460 e. The Morgan fingerprint density at radius 2 is 1.94 bits per heavy atom. The summed E-state index contributed by atoms with van der Waals surface area (Å²) in [5.41, 5.74) is 8.04. The van der Waals surface area contributed by atoms with Gasteiger partial charge in [0, 0.05) is 17.8 Å². The summed E-state index contributed by atoms with van der Waals surface area (Å²) in [5.74, 6) is 1.87. The van der Waals surface area contributed by atoms with E-state index in [9.17, 15) is 0 Å². The summed E-state index contributed by atoms with van der Waals surface area (Å²) in [6.07, 6.45) is 0. The number of rotatable bonds is 3. The Balaban J connectivity index is 2.56. The molecule has 0 aliphatic rings. The summed E-state index contributed by atoms with van der Waals surface area (Å²) in [7, 11) is 0.